The first kappa shape index (κ1) is 21.8. The predicted octanol–water partition coefficient (Wildman–Crippen LogP) is 6.00. The van der Waals surface area contributed by atoms with E-state index >= 15 is 0 Å². The Morgan fingerprint density at radius 2 is 1.67 bits per heavy atom. The molecule has 2 aromatic carbocycles. The van der Waals surface area contributed by atoms with E-state index in [1.807, 2.05) is 30.3 Å². The summed E-state index contributed by atoms with van der Waals surface area (Å²) < 4.78 is 3.86. The molecule has 0 aliphatic heterocycles. The third kappa shape index (κ3) is 6.04. The number of hydrogen-bond donors (Lipinski definition) is 1. The molecule has 1 saturated carbocycles. The fourth-order valence-electron chi connectivity index (χ4n) is 3.55. The summed E-state index contributed by atoms with van der Waals surface area (Å²) in [5.74, 6) is 0.668. The number of anilines is 1. The van der Waals surface area contributed by atoms with Crippen LogP contribution in [-0.2, 0) is 9.53 Å². The largest absolute Gasteiger partial charge is 0.471 e. The number of carbonyl (C=O) groups excluding carboxylic acids is 1. The molecule has 6 heteroatoms. The normalized spacial score (nSPS) is 13.7. The molecule has 0 amide bonds. The number of nitrogens with one attached hydrogen (secondary N) is 1. The van der Waals surface area contributed by atoms with Crippen molar-refractivity contribution in [3.63, 3.8) is 0 Å². The van der Waals surface area contributed by atoms with Gasteiger partial charge in [-0.1, -0.05) is 79.4 Å². The minimum atomic E-state index is 0.375. The van der Waals surface area contributed by atoms with Gasteiger partial charge in [-0.05, 0) is 30.0 Å². The molecule has 1 aliphatic carbocycles. The number of aromatic nitrogens is 2. The van der Waals surface area contributed by atoms with Crippen molar-refractivity contribution in [2.75, 3.05) is 12.4 Å². The van der Waals surface area contributed by atoms with Crippen LogP contribution in [0.2, 0.25) is 5.02 Å². The topological polar surface area (TPSA) is 64.1 Å². The van der Waals surface area contributed by atoms with Crippen LogP contribution in [0.15, 0.2) is 60.8 Å². The molecule has 0 saturated heterocycles. The lowest BCUT2D eigenvalue weighted by Gasteiger charge is -2.22. The van der Waals surface area contributed by atoms with Crippen LogP contribution in [0.25, 0.3) is 22.4 Å². The van der Waals surface area contributed by atoms with Gasteiger partial charge in [-0.2, -0.15) is 0 Å². The Kier molecular flexibility index (Phi) is 8.21. The molecule has 0 unspecified atom stereocenters. The first-order valence-corrected chi connectivity index (χ1v) is 10.5. The van der Waals surface area contributed by atoms with Crippen LogP contribution in [0.3, 0.4) is 0 Å². The summed E-state index contributed by atoms with van der Waals surface area (Å²) in [6, 6.07) is 19.1. The second-order valence-corrected chi connectivity index (χ2v) is 7.56. The first-order valence-electron chi connectivity index (χ1n) is 10.1. The van der Waals surface area contributed by atoms with E-state index in [9.17, 15) is 0 Å². The number of ether oxygens (including phenoxy) is 1. The minimum Gasteiger partial charge on any atom is -0.471 e. The van der Waals surface area contributed by atoms with Crippen LogP contribution < -0.4 is 5.32 Å². The highest BCUT2D eigenvalue weighted by Crippen LogP contribution is 2.30. The van der Waals surface area contributed by atoms with Gasteiger partial charge < -0.3 is 10.1 Å². The predicted molar refractivity (Wildman–Crippen MR) is 121 cm³/mol. The van der Waals surface area contributed by atoms with Gasteiger partial charge in [-0.3, -0.25) is 4.79 Å². The highest BCUT2D eigenvalue weighted by Gasteiger charge is 2.15. The number of hydrogen-bond acceptors (Lipinski definition) is 5. The number of benzene rings is 2. The van der Waals surface area contributed by atoms with Crippen LogP contribution >= 0.6 is 11.6 Å². The van der Waals surface area contributed by atoms with E-state index in [0.717, 1.165) is 16.8 Å². The maximum atomic E-state index is 8.95. The second kappa shape index (κ2) is 11.3. The number of rotatable bonds is 5. The average molecular weight is 424 g/mol. The summed E-state index contributed by atoms with van der Waals surface area (Å²) in [7, 11) is 1.31. The summed E-state index contributed by atoms with van der Waals surface area (Å²) in [5.41, 5.74) is 4.11. The molecule has 1 fully saturated rings. The van der Waals surface area contributed by atoms with Gasteiger partial charge in [0.05, 0.1) is 24.0 Å². The minimum absolute atomic E-state index is 0.375. The Morgan fingerprint density at radius 1 is 1.00 bits per heavy atom. The third-order valence-corrected chi connectivity index (χ3v) is 5.30. The molecule has 30 heavy (non-hydrogen) atoms. The third-order valence-electron chi connectivity index (χ3n) is 5.02. The molecule has 0 radical (unpaired) electrons. The number of nitrogens with zero attached hydrogens (tertiary/aromatic N) is 2. The molecule has 1 heterocycles. The fraction of sp³-hybridized carbons (Fsp3) is 0.292. The Labute approximate surface area is 182 Å². The fourth-order valence-corrected chi connectivity index (χ4v) is 3.75. The highest BCUT2D eigenvalue weighted by atomic mass is 35.5. The van der Waals surface area contributed by atoms with Crippen molar-refractivity contribution < 1.29 is 9.53 Å². The van der Waals surface area contributed by atoms with Gasteiger partial charge in [0.1, 0.15) is 0 Å². The molecule has 0 spiro atoms. The Balaban J connectivity index is 0.000000589. The molecule has 156 valence electrons. The lowest BCUT2D eigenvalue weighted by Crippen LogP contribution is -2.23. The summed E-state index contributed by atoms with van der Waals surface area (Å²) in [5, 5.41) is 4.06. The van der Waals surface area contributed by atoms with E-state index in [4.69, 9.17) is 21.4 Å². The smallest absolute Gasteiger partial charge is 0.292 e. The first-order chi connectivity index (χ1) is 14.7. The summed E-state index contributed by atoms with van der Waals surface area (Å²) in [6.45, 7) is 0.375. The van der Waals surface area contributed by atoms with Gasteiger partial charge in [-0.25, -0.2) is 9.97 Å². The van der Waals surface area contributed by atoms with Crippen LogP contribution in [0, 0.1) is 0 Å². The number of carbonyl (C=O) groups is 1. The zero-order valence-electron chi connectivity index (χ0n) is 17.1. The van der Waals surface area contributed by atoms with E-state index in [0.29, 0.717) is 23.5 Å². The van der Waals surface area contributed by atoms with E-state index in [2.05, 4.69) is 39.3 Å². The quantitative estimate of drug-likeness (QED) is 0.510. The summed E-state index contributed by atoms with van der Waals surface area (Å²) in [6.07, 6.45) is 7.95. The van der Waals surface area contributed by atoms with Crippen molar-refractivity contribution in [2.45, 2.75) is 38.1 Å². The van der Waals surface area contributed by atoms with Crippen LogP contribution in [0.4, 0.5) is 5.95 Å². The van der Waals surface area contributed by atoms with Gasteiger partial charge in [0.2, 0.25) is 5.95 Å². The molecule has 1 N–H and O–H groups in total. The van der Waals surface area contributed by atoms with Gasteiger partial charge in [-0.15, -0.1) is 0 Å². The molecule has 1 aromatic heterocycles. The average Bonchev–Trinajstić information content (AvgIpc) is 2.82. The van der Waals surface area contributed by atoms with Crippen molar-refractivity contribution in [1.29, 1.82) is 0 Å². The number of methoxy groups -OCH3 is 1. The van der Waals surface area contributed by atoms with Crippen molar-refractivity contribution in [1.82, 2.24) is 9.97 Å². The van der Waals surface area contributed by atoms with Crippen LogP contribution in [-0.4, -0.2) is 29.6 Å². The van der Waals surface area contributed by atoms with Gasteiger partial charge in [0, 0.05) is 11.6 Å². The monoisotopic (exact) mass is 423 g/mol. The maximum absolute atomic E-state index is 8.95. The van der Waals surface area contributed by atoms with Crippen LogP contribution in [0.5, 0.6) is 0 Å². The second-order valence-electron chi connectivity index (χ2n) is 7.15. The van der Waals surface area contributed by atoms with E-state index in [1.165, 1.54) is 44.8 Å². The molecule has 4 rings (SSSR count). The summed E-state index contributed by atoms with van der Waals surface area (Å²) >= 11 is 6.42. The van der Waals surface area contributed by atoms with Gasteiger partial charge in [0.25, 0.3) is 6.47 Å². The lowest BCUT2D eigenvalue weighted by molar-refractivity contribution is -0.126. The Bertz CT molecular complexity index is 944. The van der Waals surface area contributed by atoms with Crippen molar-refractivity contribution in [3.05, 3.63) is 65.8 Å². The highest BCUT2D eigenvalue weighted by molar-refractivity contribution is 6.32. The Hall–Kier alpha value is -2.92. The maximum Gasteiger partial charge on any atom is 0.292 e. The SMILES string of the molecule is COC=O.Clc1cnc(NC2CCCCC2)nc1-c1cccc(-c2ccccc2)c1. The molecule has 1 aliphatic rings. The van der Waals surface area contributed by atoms with E-state index in [-0.39, 0.29) is 0 Å². The molecular formula is C24H26ClN3O2. The summed E-state index contributed by atoms with van der Waals surface area (Å²) in [4.78, 5) is 18.1. The van der Waals surface area contributed by atoms with E-state index < -0.39 is 0 Å². The zero-order valence-corrected chi connectivity index (χ0v) is 17.8. The standard InChI is InChI=1S/C22H22ClN3.C2H4O2/c23-20-15-24-22(25-19-12-5-2-6-13-19)26-21(20)18-11-7-10-17(14-18)16-8-3-1-4-9-16;1-4-2-3/h1,3-4,7-11,14-15,19H,2,5-6,12-13H2,(H,24,25,26);2H,1H3. The van der Waals surface area contributed by atoms with Gasteiger partial charge >= 0.3 is 0 Å². The number of halogens is 1. The Morgan fingerprint density at radius 3 is 2.37 bits per heavy atom. The van der Waals surface area contributed by atoms with Gasteiger partial charge in [0.15, 0.2) is 0 Å². The lowest BCUT2D eigenvalue weighted by atomic mass is 9.96. The van der Waals surface area contributed by atoms with Crippen molar-refractivity contribution >= 4 is 24.0 Å². The molecule has 0 atom stereocenters. The molecule has 0 bridgehead atoms. The zero-order chi connectivity index (χ0) is 21.2. The molecule has 3 aromatic rings. The molecular weight excluding hydrogens is 398 g/mol. The van der Waals surface area contributed by atoms with E-state index in [1.54, 1.807) is 6.20 Å². The molecule has 5 nitrogen and oxygen atoms in total. The van der Waals surface area contributed by atoms with Crippen molar-refractivity contribution in [3.8, 4) is 22.4 Å². The van der Waals surface area contributed by atoms with Crippen LogP contribution in [0.1, 0.15) is 32.1 Å². The van der Waals surface area contributed by atoms with Crippen molar-refractivity contribution in [2.24, 2.45) is 0 Å².